The van der Waals surface area contributed by atoms with Crippen molar-refractivity contribution in [1.29, 1.82) is 0 Å². The Morgan fingerprint density at radius 3 is 2.43 bits per heavy atom. The van der Waals surface area contributed by atoms with E-state index in [0.29, 0.717) is 29.1 Å². The van der Waals surface area contributed by atoms with Gasteiger partial charge in [-0.2, -0.15) is 0 Å². The van der Waals surface area contributed by atoms with Gasteiger partial charge in [0.2, 0.25) is 5.91 Å². The Labute approximate surface area is 164 Å². The molecule has 0 aliphatic rings. The molecule has 23 heavy (non-hydrogen) atoms. The molecule has 1 aromatic carbocycles. The smallest absolute Gasteiger partial charge is 0.241 e. The zero-order valence-electron chi connectivity index (χ0n) is 13.5. The van der Waals surface area contributed by atoms with Gasteiger partial charge in [-0.15, -0.1) is 24.0 Å². The summed E-state index contributed by atoms with van der Waals surface area (Å²) < 4.78 is 0. The summed E-state index contributed by atoms with van der Waals surface area (Å²) in [6.07, 6.45) is 0. The topological polar surface area (TPSA) is 65.5 Å². The fourth-order valence-electron chi connectivity index (χ4n) is 1.86. The minimum atomic E-state index is -0.114. The maximum Gasteiger partial charge on any atom is 0.241 e. The van der Waals surface area contributed by atoms with Gasteiger partial charge in [0.25, 0.3) is 0 Å². The number of hydrogen-bond acceptors (Lipinski definition) is 2. The summed E-state index contributed by atoms with van der Waals surface area (Å²) in [4.78, 5) is 15.7. The van der Waals surface area contributed by atoms with E-state index in [0.717, 1.165) is 5.56 Å². The van der Waals surface area contributed by atoms with Crippen molar-refractivity contribution in [2.45, 2.75) is 26.8 Å². The Balaban J connectivity index is 0.00000484. The SMILES string of the molecule is CCNC(=O)CN=C(NCC)NC(C)c1ccc(Cl)cc1Cl.I. The van der Waals surface area contributed by atoms with E-state index in [2.05, 4.69) is 20.9 Å². The second-order valence-corrected chi connectivity index (χ2v) is 5.52. The van der Waals surface area contributed by atoms with Crippen LogP contribution in [0, 0.1) is 0 Å². The summed E-state index contributed by atoms with van der Waals surface area (Å²) in [6, 6.07) is 5.29. The molecular weight excluding hydrogens is 450 g/mol. The number of nitrogens with one attached hydrogen (secondary N) is 3. The first kappa shape index (κ1) is 22.3. The van der Waals surface area contributed by atoms with Crippen molar-refractivity contribution in [3.05, 3.63) is 33.8 Å². The van der Waals surface area contributed by atoms with Gasteiger partial charge >= 0.3 is 0 Å². The summed E-state index contributed by atoms with van der Waals surface area (Å²) in [7, 11) is 0. The van der Waals surface area contributed by atoms with Crippen LogP contribution in [0.5, 0.6) is 0 Å². The molecular formula is C15H23Cl2IN4O. The molecule has 0 radical (unpaired) electrons. The highest BCUT2D eigenvalue weighted by molar-refractivity contribution is 14.0. The lowest BCUT2D eigenvalue weighted by Crippen LogP contribution is -2.39. The summed E-state index contributed by atoms with van der Waals surface area (Å²) >= 11 is 12.1. The van der Waals surface area contributed by atoms with E-state index in [1.165, 1.54) is 0 Å². The number of halogens is 3. The van der Waals surface area contributed by atoms with Crippen LogP contribution in [-0.4, -0.2) is 31.5 Å². The number of likely N-dealkylation sites (N-methyl/N-ethyl adjacent to an activating group) is 1. The zero-order valence-corrected chi connectivity index (χ0v) is 17.3. The number of benzene rings is 1. The summed E-state index contributed by atoms with van der Waals surface area (Å²) in [6.45, 7) is 7.16. The number of amides is 1. The van der Waals surface area contributed by atoms with Gasteiger partial charge in [0.05, 0.1) is 6.04 Å². The zero-order chi connectivity index (χ0) is 16.5. The van der Waals surface area contributed by atoms with Crippen LogP contribution in [0.4, 0.5) is 0 Å². The third-order valence-corrected chi connectivity index (χ3v) is 3.44. The van der Waals surface area contributed by atoms with Crippen LogP contribution in [0.15, 0.2) is 23.2 Å². The van der Waals surface area contributed by atoms with Crippen LogP contribution in [0.1, 0.15) is 32.4 Å². The van der Waals surface area contributed by atoms with E-state index in [1.54, 1.807) is 12.1 Å². The Hall–Kier alpha value is -0.730. The molecule has 0 spiro atoms. The first-order valence-electron chi connectivity index (χ1n) is 7.24. The Kier molecular flexibility index (Phi) is 11.4. The van der Waals surface area contributed by atoms with Gasteiger partial charge in [-0.3, -0.25) is 4.79 Å². The Morgan fingerprint density at radius 2 is 1.87 bits per heavy atom. The summed E-state index contributed by atoms with van der Waals surface area (Å²) in [5, 5.41) is 10.2. The molecule has 8 heteroatoms. The minimum absolute atomic E-state index is 0. The molecule has 130 valence electrons. The van der Waals surface area contributed by atoms with Gasteiger partial charge in [-0.25, -0.2) is 4.99 Å². The van der Waals surface area contributed by atoms with E-state index in [4.69, 9.17) is 23.2 Å². The lowest BCUT2D eigenvalue weighted by molar-refractivity contribution is -0.119. The second kappa shape index (κ2) is 11.8. The molecule has 0 heterocycles. The lowest BCUT2D eigenvalue weighted by atomic mass is 10.1. The number of carbonyl (C=O) groups excluding carboxylic acids is 1. The van der Waals surface area contributed by atoms with Gasteiger partial charge in [0, 0.05) is 23.1 Å². The molecule has 1 atom stereocenters. The number of aliphatic imine (C=N–C) groups is 1. The molecule has 0 aromatic heterocycles. The van der Waals surface area contributed by atoms with Gasteiger partial charge in [0.1, 0.15) is 6.54 Å². The average Bonchev–Trinajstić information content (AvgIpc) is 2.45. The number of carbonyl (C=O) groups is 1. The lowest BCUT2D eigenvalue weighted by Gasteiger charge is -2.19. The van der Waals surface area contributed by atoms with Crippen molar-refractivity contribution in [3.63, 3.8) is 0 Å². The van der Waals surface area contributed by atoms with Crippen LogP contribution in [0.3, 0.4) is 0 Å². The molecule has 1 aromatic rings. The Bertz CT molecular complexity index is 540. The number of nitrogens with zero attached hydrogens (tertiary/aromatic N) is 1. The van der Waals surface area contributed by atoms with Gasteiger partial charge in [0.15, 0.2) is 5.96 Å². The predicted molar refractivity (Wildman–Crippen MR) is 108 cm³/mol. The second-order valence-electron chi connectivity index (χ2n) is 4.68. The molecule has 5 nitrogen and oxygen atoms in total. The van der Waals surface area contributed by atoms with Crippen molar-refractivity contribution < 1.29 is 4.79 Å². The van der Waals surface area contributed by atoms with Crippen molar-refractivity contribution in [1.82, 2.24) is 16.0 Å². The predicted octanol–water partition coefficient (Wildman–Crippen LogP) is 3.36. The van der Waals surface area contributed by atoms with E-state index in [-0.39, 0.29) is 42.5 Å². The van der Waals surface area contributed by atoms with Crippen molar-refractivity contribution >= 4 is 59.0 Å². The third-order valence-electron chi connectivity index (χ3n) is 2.88. The fraction of sp³-hybridized carbons (Fsp3) is 0.467. The minimum Gasteiger partial charge on any atom is -0.357 e. The van der Waals surface area contributed by atoms with Crippen LogP contribution in [0.2, 0.25) is 10.0 Å². The summed E-state index contributed by atoms with van der Waals surface area (Å²) in [5.41, 5.74) is 0.912. The van der Waals surface area contributed by atoms with E-state index in [9.17, 15) is 4.79 Å². The van der Waals surface area contributed by atoms with E-state index >= 15 is 0 Å². The summed E-state index contributed by atoms with van der Waals surface area (Å²) in [5.74, 6) is 0.448. The molecule has 0 aliphatic carbocycles. The average molecular weight is 473 g/mol. The standard InChI is InChI=1S/C15H22Cl2N4O.HI/c1-4-18-14(22)9-20-15(19-5-2)21-10(3)12-7-6-11(16)8-13(12)17;/h6-8,10H,4-5,9H2,1-3H3,(H,18,22)(H2,19,20,21);1H. The maximum atomic E-state index is 11.5. The third kappa shape index (κ3) is 8.08. The molecule has 1 amide bonds. The number of guanidine groups is 1. The molecule has 1 unspecified atom stereocenters. The molecule has 0 saturated carbocycles. The highest BCUT2D eigenvalue weighted by Gasteiger charge is 2.12. The maximum absolute atomic E-state index is 11.5. The highest BCUT2D eigenvalue weighted by Crippen LogP contribution is 2.25. The van der Waals surface area contributed by atoms with Crippen LogP contribution in [-0.2, 0) is 4.79 Å². The first-order chi connectivity index (χ1) is 10.5. The van der Waals surface area contributed by atoms with E-state index < -0.39 is 0 Å². The van der Waals surface area contributed by atoms with Crippen molar-refractivity contribution in [2.24, 2.45) is 4.99 Å². The number of rotatable bonds is 6. The van der Waals surface area contributed by atoms with Crippen LogP contribution < -0.4 is 16.0 Å². The molecule has 0 saturated heterocycles. The van der Waals surface area contributed by atoms with Crippen LogP contribution in [0.25, 0.3) is 0 Å². The van der Waals surface area contributed by atoms with Crippen LogP contribution >= 0.6 is 47.2 Å². The molecule has 1 rings (SSSR count). The Morgan fingerprint density at radius 1 is 1.22 bits per heavy atom. The quantitative estimate of drug-likeness (QED) is 0.338. The van der Waals surface area contributed by atoms with Gasteiger partial charge in [-0.05, 0) is 38.5 Å². The molecule has 3 N–H and O–H groups in total. The fourth-order valence-corrected chi connectivity index (χ4v) is 2.43. The van der Waals surface area contributed by atoms with Gasteiger partial charge < -0.3 is 16.0 Å². The molecule has 0 fully saturated rings. The largest absolute Gasteiger partial charge is 0.357 e. The number of hydrogen-bond donors (Lipinski definition) is 3. The monoisotopic (exact) mass is 472 g/mol. The molecule has 0 aliphatic heterocycles. The van der Waals surface area contributed by atoms with Crippen molar-refractivity contribution in [2.75, 3.05) is 19.6 Å². The highest BCUT2D eigenvalue weighted by atomic mass is 127. The van der Waals surface area contributed by atoms with E-state index in [1.807, 2.05) is 26.8 Å². The van der Waals surface area contributed by atoms with Crippen molar-refractivity contribution in [3.8, 4) is 0 Å². The van der Waals surface area contributed by atoms with Gasteiger partial charge in [-0.1, -0.05) is 29.3 Å². The molecule has 0 bridgehead atoms. The first-order valence-corrected chi connectivity index (χ1v) is 8.00. The normalized spacial score (nSPS) is 12.1.